The number of sulfonamides is 1. The van der Waals surface area contributed by atoms with Crippen molar-refractivity contribution in [3.8, 4) is 0 Å². The summed E-state index contributed by atoms with van der Waals surface area (Å²) in [5.41, 5.74) is 0.0272. The zero-order valence-electron chi connectivity index (χ0n) is 10.8. The molecule has 0 radical (unpaired) electrons. The van der Waals surface area contributed by atoms with Crippen LogP contribution in [0.3, 0.4) is 0 Å². The van der Waals surface area contributed by atoms with E-state index in [9.17, 15) is 21.6 Å². The number of pyridine rings is 1. The zero-order chi connectivity index (χ0) is 15.7. The maximum Gasteiger partial charge on any atom is 0.416 e. The van der Waals surface area contributed by atoms with Crippen LogP contribution in [0.5, 0.6) is 0 Å². The average molecular weight is 316 g/mol. The van der Waals surface area contributed by atoms with Gasteiger partial charge in [-0.1, -0.05) is 0 Å². The molecule has 1 aromatic carbocycles. The molecule has 0 saturated carbocycles. The van der Waals surface area contributed by atoms with Crippen LogP contribution in [0.15, 0.2) is 47.6 Å². The number of aryl methyl sites for hydroxylation is 1. The molecule has 4 nitrogen and oxygen atoms in total. The number of nitrogens with zero attached hydrogens (tertiary/aromatic N) is 1. The van der Waals surface area contributed by atoms with Gasteiger partial charge in [0.25, 0.3) is 10.0 Å². The van der Waals surface area contributed by atoms with Gasteiger partial charge in [0.05, 0.1) is 16.1 Å². The highest BCUT2D eigenvalue weighted by atomic mass is 32.2. The summed E-state index contributed by atoms with van der Waals surface area (Å²) in [7, 11) is -3.94. The Kier molecular flexibility index (Phi) is 3.91. The molecule has 0 aliphatic carbocycles. The molecule has 2 rings (SSSR count). The second-order valence-electron chi connectivity index (χ2n) is 4.32. The summed E-state index contributed by atoms with van der Waals surface area (Å²) in [6.45, 7) is 1.66. The van der Waals surface area contributed by atoms with E-state index in [1.165, 1.54) is 18.5 Å². The van der Waals surface area contributed by atoms with Gasteiger partial charge >= 0.3 is 6.18 Å². The monoisotopic (exact) mass is 316 g/mol. The van der Waals surface area contributed by atoms with E-state index < -0.39 is 21.8 Å². The molecule has 0 amide bonds. The highest BCUT2D eigenvalue weighted by molar-refractivity contribution is 7.92. The standard InChI is InChI=1S/C13H11F3N2O2S/c1-9-8-17-7-6-12(9)18-21(19,20)11-4-2-10(3-5-11)13(14,15)16/h2-8H,1H3,(H,17,18). The van der Waals surface area contributed by atoms with E-state index in [2.05, 4.69) is 9.71 Å². The van der Waals surface area contributed by atoms with Crippen LogP contribution in [0, 0.1) is 6.92 Å². The van der Waals surface area contributed by atoms with Crippen molar-refractivity contribution >= 4 is 15.7 Å². The Morgan fingerprint density at radius 1 is 1.10 bits per heavy atom. The van der Waals surface area contributed by atoms with Crippen molar-refractivity contribution in [2.75, 3.05) is 4.72 Å². The van der Waals surface area contributed by atoms with Crippen LogP contribution in [0.25, 0.3) is 0 Å². The smallest absolute Gasteiger partial charge is 0.279 e. The fourth-order valence-corrected chi connectivity index (χ4v) is 2.75. The first-order chi connectivity index (χ1) is 9.70. The molecule has 0 bridgehead atoms. The van der Waals surface area contributed by atoms with E-state index in [1.807, 2.05) is 0 Å². The predicted molar refractivity (Wildman–Crippen MR) is 71.2 cm³/mol. The van der Waals surface area contributed by atoms with Crippen LogP contribution in [-0.4, -0.2) is 13.4 Å². The van der Waals surface area contributed by atoms with Crippen molar-refractivity contribution in [3.63, 3.8) is 0 Å². The minimum atomic E-state index is -4.50. The maximum atomic E-state index is 12.4. The summed E-state index contributed by atoms with van der Waals surface area (Å²) in [6.07, 6.45) is -1.61. The molecule has 0 saturated heterocycles. The highest BCUT2D eigenvalue weighted by Crippen LogP contribution is 2.30. The van der Waals surface area contributed by atoms with E-state index in [1.54, 1.807) is 6.92 Å². The first kappa shape index (κ1) is 15.3. The Bertz CT molecular complexity index is 741. The molecule has 0 aliphatic heterocycles. The van der Waals surface area contributed by atoms with Crippen LogP contribution in [0.4, 0.5) is 18.9 Å². The number of rotatable bonds is 3. The van der Waals surface area contributed by atoms with Gasteiger partial charge in [0.1, 0.15) is 0 Å². The van der Waals surface area contributed by atoms with Crippen molar-refractivity contribution in [1.82, 2.24) is 4.98 Å². The summed E-state index contributed by atoms with van der Waals surface area (Å²) in [5.74, 6) is 0. The number of anilines is 1. The van der Waals surface area contributed by atoms with Crippen molar-refractivity contribution < 1.29 is 21.6 Å². The molecule has 1 aromatic heterocycles. The summed E-state index contributed by atoms with van der Waals surface area (Å²) in [6, 6.07) is 4.77. The van der Waals surface area contributed by atoms with Crippen LogP contribution in [0.2, 0.25) is 0 Å². The fraction of sp³-hybridized carbons (Fsp3) is 0.154. The molecular weight excluding hydrogens is 305 g/mol. The van der Waals surface area contributed by atoms with E-state index in [0.29, 0.717) is 11.3 Å². The average Bonchev–Trinajstić information content (AvgIpc) is 2.40. The lowest BCUT2D eigenvalue weighted by molar-refractivity contribution is -0.137. The lowest BCUT2D eigenvalue weighted by Gasteiger charge is -2.11. The van der Waals surface area contributed by atoms with E-state index >= 15 is 0 Å². The molecule has 0 unspecified atom stereocenters. The largest absolute Gasteiger partial charge is 0.416 e. The second-order valence-corrected chi connectivity index (χ2v) is 6.00. The van der Waals surface area contributed by atoms with Crippen LogP contribution in [-0.2, 0) is 16.2 Å². The van der Waals surface area contributed by atoms with Gasteiger partial charge in [0.15, 0.2) is 0 Å². The van der Waals surface area contributed by atoms with E-state index in [0.717, 1.165) is 24.3 Å². The quantitative estimate of drug-likeness (QED) is 0.946. The van der Waals surface area contributed by atoms with Gasteiger partial charge in [0.2, 0.25) is 0 Å². The third-order valence-corrected chi connectivity index (χ3v) is 4.14. The lowest BCUT2D eigenvalue weighted by atomic mass is 10.2. The zero-order valence-corrected chi connectivity index (χ0v) is 11.7. The van der Waals surface area contributed by atoms with Gasteiger partial charge < -0.3 is 0 Å². The van der Waals surface area contributed by atoms with Crippen molar-refractivity contribution in [2.24, 2.45) is 0 Å². The molecule has 0 fully saturated rings. The summed E-state index contributed by atoms with van der Waals surface area (Å²) in [5, 5.41) is 0. The number of aromatic nitrogens is 1. The minimum Gasteiger partial charge on any atom is -0.279 e. The van der Waals surface area contributed by atoms with Gasteiger partial charge in [-0.2, -0.15) is 13.2 Å². The first-order valence-electron chi connectivity index (χ1n) is 5.81. The Labute approximate surface area is 119 Å². The summed E-state index contributed by atoms with van der Waals surface area (Å²) in [4.78, 5) is 3.58. The molecule has 0 spiro atoms. The predicted octanol–water partition coefficient (Wildman–Crippen LogP) is 3.21. The van der Waals surface area contributed by atoms with Gasteiger partial charge in [-0.25, -0.2) is 8.42 Å². The lowest BCUT2D eigenvalue weighted by Crippen LogP contribution is -2.14. The Balaban J connectivity index is 2.30. The molecule has 8 heteroatoms. The van der Waals surface area contributed by atoms with E-state index in [-0.39, 0.29) is 4.90 Å². The fourth-order valence-electron chi connectivity index (χ4n) is 1.61. The summed E-state index contributed by atoms with van der Waals surface area (Å²) < 4.78 is 63.8. The normalized spacial score (nSPS) is 12.2. The number of hydrogen-bond donors (Lipinski definition) is 1. The third-order valence-electron chi connectivity index (χ3n) is 2.76. The number of halogens is 3. The molecular formula is C13H11F3N2O2S. The molecule has 0 aliphatic rings. The number of hydrogen-bond acceptors (Lipinski definition) is 3. The number of nitrogens with one attached hydrogen (secondary N) is 1. The number of alkyl halides is 3. The molecule has 0 atom stereocenters. The molecule has 2 aromatic rings. The molecule has 21 heavy (non-hydrogen) atoms. The first-order valence-corrected chi connectivity index (χ1v) is 7.29. The minimum absolute atomic E-state index is 0.244. The molecule has 1 N–H and O–H groups in total. The number of benzene rings is 1. The maximum absolute atomic E-state index is 12.4. The van der Waals surface area contributed by atoms with Gasteiger partial charge in [-0.15, -0.1) is 0 Å². The third kappa shape index (κ3) is 3.52. The topological polar surface area (TPSA) is 59.1 Å². The Hall–Kier alpha value is -2.09. The van der Waals surface area contributed by atoms with Crippen molar-refractivity contribution in [1.29, 1.82) is 0 Å². The highest BCUT2D eigenvalue weighted by Gasteiger charge is 2.30. The van der Waals surface area contributed by atoms with Gasteiger partial charge in [0, 0.05) is 12.4 Å². The van der Waals surface area contributed by atoms with E-state index in [4.69, 9.17) is 0 Å². The SMILES string of the molecule is Cc1cnccc1NS(=O)(=O)c1ccc(C(F)(F)F)cc1. The van der Waals surface area contributed by atoms with Crippen molar-refractivity contribution in [2.45, 2.75) is 18.0 Å². The molecule has 1 heterocycles. The van der Waals surface area contributed by atoms with Crippen LogP contribution >= 0.6 is 0 Å². The Morgan fingerprint density at radius 2 is 1.71 bits per heavy atom. The van der Waals surface area contributed by atoms with Crippen LogP contribution < -0.4 is 4.72 Å². The summed E-state index contributed by atoms with van der Waals surface area (Å²) >= 11 is 0. The van der Waals surface area contributed by atoms with Crippen LogP contribution in [0.1, 0.15) is 11.1 Å². The second kappa shape index (κ2) is 5.36. The molecule has 112 valence electrons. The Morgan fingerprint density at radius 3 is 2.24 bits per heavy atom. The van der Waals surface area contributed by atoms with Gasteiger partial charge in [-0.05, 0) is 42.8 Å². The van der Waals surface area contributed by atoms with Crippen molar-refractivity contribution in [3.05, 3.63) is 53.9 Å². The van der Waals surface area contributed by atoms with Gasteiger partial charge in [-0.3, -0.25) is 9.71 Å².